The Morgan fingerprint density at radius 1 is 1.31 bits per heavy atom. The molecule has 2 aromatic rings. The smallest absolute Gasteiger partial charge is 0.326 e. The summed E-state index contributed by atoms with van der Waals surface area (Å²) in [4.78, 5) is 45.0. The maximum absolute atomic E-state index is 13.9. The first-order valence-corrected chi connectivity index (χ1v) is 9.61. The predicted octanol–water partition coefficient (Wildman–Crippen LogP) is 1.94. The van der Waals surface area contributed by atoms with Crippen molar-refractivity contribution in [3.63, 3.8) is 0 Å². The Balaban J connectivity index is 1.78. The molecule has 1 amide bonds. The van der Waals surface area contributed by atoms with Gasteiger partial charge in [-0.25, -0.2) is 0 Å². The van der Waals surface area contributed by atoms with Gasteiger partial charge in [-0.15, -0.1) is 0 Å². The van der Waals surface area contributed by atoms with Crippen LogP contribution in [-0.4, -0.2) is 40.7 Å². The van der Waals surface area contributed by atoms with Gasteiger partial charge in [0.05, 0.1) is 6.61 Å². The standard InChI is InChI=1S/C21H19N3O5/c1-2-28-15(26)10-24-13-8-5-9-14(25)16(13)21(19(24)27)12-7-4-3-6-11(12)17-18(21)23-20(22)29-17/h3-4,6-7H,2,5,8-10H2,1H3,(H2,22,23). The van der Waals surface area contributed by atoms with Gasteiger partial charge < -0.3 is 19.8 Å². The second-order valence-electron chi connectivity index (χ2n) is 7.32. The number of nitrogens with zero attached hydrogens (tertiary/aromatic N) is 2. The predicted molar refractivity (Wildman–Crippen MR) is 101 cm³/mol. The van der Waals surface area contributed by atoms with Crippen molar-refractivity contribution in [2.24, 2.45) is 0 Å². The average molecular weight is 393 g/mol. The number of hydrogen-bond acceptors (Lipinski definition) is 7. The van der Waals surface area contributed by atoms with Crippen molar-refractivity contribution in [2.75, 3.05) is 18.9 Å². The Hall–Kier alpha value is -3.42. The van der Waals surface area contributed by atoms with Crippen molar-refractivity contribution in [1.82, 2.24) is 9.88 Å². The quantitative estimate of drug-likeness (QED) is 0.792. The number of esters is 1. The molecule has 1 spiro atoms. The SMILES string of the molecule is CCOC(=O)CN1C(=O)C2(C3=C1CCCC3=O)c1ccccc1-c1oc(N)nc12. The fourth-order valence-electron chi connectivity index (χ4n) is 4.84. The van der Waals surface area contributed by atoms with Crippen LogP contribution in [0.25, 0.3) is 11.3 Å². The van der Waals surface area contributed by atoms with Crippen LogP contribution in [0.15, 0.2) is 40.0 Å². The first-order valence-electron chi connectivity index (χ1n) is 9.61. The molecule has 148 valence electrons. The fourth-order valence-corrected chi connectivity index (χ4v) is 4.84. The Labute approximate surface area is 166 Å². The number of amides is 1. The number of ketones is 1. The van der Waals surface area contributed by atoms with Crippen molar-refractivity contribution in [1.29, 1.82) is 0 Å². The molecule has 2 aliphatic carbocycles. The number of Topliss-reactive ketones (excluding diaryl/α,β-unsaturated/α-hetero) is 1. The summed E-state index contributed by atoms with van der Waals surface area (Å²) < 4.78 is 10.7. The van der Waals surface area contributed by atoms with Crippen LogP contribution in [0.2, 0.25) is 0 Å². The molecular weight excluding hydrogens is 374 g/mol. The van der Waals surface area contributed by atoms with Gasteiger partial charge in [-0.05, 0) is 25.3 Å². The van der Waals surface area contributed by atoms with E-state index in [9.17, 15) is 14.4 Å². The van der Waals surface area contributed by atoms with E-state index >= 15 is 0 Å². The highest BCUT2D eigenvalue weighted by atomic mass is 16.5. The van der Waals surface area contributed by atoms with Gasteiger partial charge in [0.2, 0.25) is 5.91 Å². The number of carbonyl (C=O) groups excluding carboxylic acids is 3. The van der Waals surface area contributed by atoms with E-state index in [1.54, 1.807) is 13.0 Å². The van der Waals surface area contributed by atoms with Crippen molar-refractivity contribution in [3.8, 4) is 11.3 Å². The number of aromatic nitrogens is 1. The molecule has 2 N–H and O–H groups in total. The number of hydrogen-bond donors (Lipinski definition) is 1. The van der Waals surface area contributed by atoms with Crippen LogP contribution in [0, 0.1) is 0 Å². The Morgan fingerprint density at radius 2 is 2.10 bits per heavy atom. The maximum atomic E-state index is 13.9. The molecule has 8 nitrogen and oxygen atoms in total. The molecule has 1 aromatic heterocycles. The second-order valence-corrected chi connectivity index (χ2v) is 7.32. The third kappa shape index (κ3) is 2.14. The zero-order chi connectivity index (χ0) is 20.3. The number of allylic oxidation sites excluding steroid dienone is 1. The highest BCUT2D eigenvalue weighted by Gasteiger charge is 2.64. The van der Waals surface area contributed by atoms with E-state index < -0.39 is 11.4 Å². The van der Waals surface area contributed by atoms with Crippen LogP contribution < -0.4 is 5.73 Å². The first-order chi connectivity index (χ1) is 14.0. The van der Waals surface area contributed by atoms with Crippen LogP contribution in [-0.2, 0) is 24.5 Å². The third-order valence-corrected chi connectivity index (χ3v) is 5.82. The molecule has 29 heavy (non-hydrogen) atoms. The normalized spacial score (nSPS) is 22.2. The minimum Gasteiger partial charge on any atom is -0.465 e. The zero-order valence-electron chi connectivity index (χ0n) is 15.9. The molecular formula is C21H19N3O5. The highest BCUT2D eigenvalue weighted by molar-refractivity contribution is 6.17. The molecule has 0 saturated carbocycles. The summed E-state index contributed by atoms with van der Waals surface area (Å²) in [5, 5.41) is 0. The van der Waals surface area contributed by atoms with Crippen LogP contribution in [0.4, 0.5) is 6.01 Å². The summed E-state index contributed by atoms with van der Waals surface area (Å²) in [6.07, 6.45) is 1.49. The molecule has 0 fully saturated rings. The summed E-state index contributed by atoms with van der Waals surface area (Å²) in [5.41, 5.74) is 7.01. The number of anilines is 1. The van der Waals surface area contributed by atoms with Gasteiger partial charge in [0.25, 0.3) is 6.01 Å². The van der Waals surface area contributed by atoms with E-state index in [4.69, 9.17) is 14.9 Å². The molecule has 0 saturated heterocycles. The number of nitrogens with two attached hydrogens (primary N) is 1. The molecule has 8 heteroatoms. The molecule has 0 radical (unpaired) electrons. The van der Waals surface area contributed by atoms with Gasteiger partial charge in [0, 0.05) is 23.3 Å². The Kier molecular flexibility index (Phi) is 3.68. The largest absolute Gasteiger partial charge is 0.465 e. The van der Waals surface area contributed by atoms with E-state index in [2.05, 4.69) is 4.98 Å². The lowest BCUT2D eigenvalue weighted by Gasteiger charge is -2.26. The van der Waals surface area contributed by atoms with Crippen LogP contribution in [0.1, 0.15) is 37.4 Å². The molecule has 0 bridgehead atoms. The number of rotatable bonds is 3. The number of fused-ring (bicyclic) bond motifs is 6. The average Bonchev–Trinajstić information content (AvgIpc) is 3.28. The lowest BCUT2D eigenvalue weighted by Crippen LogP contribution is -2.43. The molecule has 1 atom stereocenters. The summed E-state index contributed by atoms with van der Waals surface area (Å²) in [6.45, 7) is 1.67. The lowest BCUT2D eigenvalue weighted by atomic mass is 9.71. The van der Waals surface area contributed by atoms with E-state index in [0.717, 1.165) is 0 Å². The number of carbonyl (C=O) groups is 3. The Morgan fingerprint density at radius 3 is 2.90 bits per heavy atom. The summed E-state index contributed by atoms with van der Waals surface area (Å²) in [7, 11) is 0. The summed E-state index contributed by atoms with van der Waals surface area (Å²) in [6, 6.07) is 7.20. The van der Waals surface area contributed by atoms with Crippen molar-refractivity contribution in [3.05, 3.63) is 46.8 Å². The second kappa shape index (κ2) is 6.04. The third-order valence-electron chi connectivity index (χ3n) is 5.82. The lowest BCUT2D eigenvalue weighted by molar-refractivity contribution is -0.148. The topological polar surface area (TPSA) is 116 Å². The van der Waals surface area contributed by atoms with Gasteiger partial charge in [-0.2, -0.15) is 4.98 Å². The number of oxazole rings is 1. The minimum absolute atomic E-state index is 0.0640. The van der Waals surface area contributed by atoms with E-state index in [1.807, 2.05) is 18.2 Å². The summed E-state index contributed by atoms with van der Waals surface area (Å²) in [5.74, 6) is -0.621. The van der Waals surface area contributed by atoms with E-state index in [-0.39, 0.29) is 30.9 Å². The van der Waals surface area contributed by atoms with Crippen LogP contribution in [0.3, 0.4) is 0 Å². The highest BCUT2D eigenvalue weighted by Crippen LogP contribution is 2.59. The number of nitrogen functional groups attached to an aromatic ring is 1. The summed E-state index contributed by atoms with van der Waals surface area (Å²) >= 11 is 0. The Bertz CT molecular complexity index is 1120. The van der Waals surface area contributed by atoms with Crippen LogP contribution in [0.5, 0.6) is 0 Å². The van der Waals surface area contributed by atoms with Gasteiger partial charge in [-0.1, -0.05) is 24.3 Å². The van der Waals surface area contributed by atoms with E-state index in [0.29, 0.717) is 53.1 Å². The van der Waals surface area contributed by atoms with Crippen molar-refractivity contribution < 1.29 is 23.5 Å². The van der Waals surface area contributed by atoms with Crippen molar-refractivity contribution >= 4 is 23.7 Å². The zero-order valence-corrected chi connectivity index (χ0v) is 15.9. The number of ether oxygens (including phenoxy) is 1. The number of benzene rings is 1. The molecule has 1 aromatic carbocycles. The van der Waals surface area contributed by atoms with Gasteiger partial charge in [-0.3, -0.25) is 14.4 Å². The fraction of sp³-hybridized carbons (Fsp3) is 0.333. The van der Waals surface area contributed by atoms with Gasteiger partial charge in [0.1, 0.15) is 12.2 Å². The van der Waals surface area contributed by atoms with Crippen LogP contribution >= 0.6 is 0 Å². The van der Waals surface area contributed by atoms with Crippen molar-refractivity contribution in [2.45, 2.75) is 31.6 Å². The molecule has 2 heterocycles. The molecule has 3 aliphatic rings. The molecule has 5 rings (SSSR count). The van der Waals surface area contributed by atoms with Gasteiger partial charge in [0.15, 0.2) is 17.0 Å². The maximum Gasteiger partial charge on any atom is 0.326 e. The van der Waals surface area contributed by atoms with E-state index in [1.165, 1.54) is 4.90 Å². The molecule has 1 aliphatic heterocycles. The monoisotopic (exact) mass is 393 g/mol. The molecule has 1 unspecified atom stereocenters. The van der Waals surface area contributed by atoms with Gasteiger partial charge >= 0.3 is 5.97 Å². The minimum atomic E-state index is -1.42. The first kappa shape index (κ1) is 17.7.